The SMILES string of the molecule is C=C(/C=C\C(=C/C)C(=O)NO)CNC(=O)c1nc(-c2nccs2)sc1C1CC1. The predicted molar refractivity (Wildman–Crippen MR) is 109 cm³/mol. The summed E-state index contributed by atoms with van der Waals surface area (Å²) in [6.45, 7) is 5.78. The van der Waals surface area contributed by atoms with E-state index in [-0.39, 0.29) is 12.5 Å². The lowest BCUT2D eigenvalue weighted by Crippen LogP contribution is -2.26. The Labute approximate surface area is 170 Å². The van der Waals surface area contributed by atoms with Crippen LogP contribution in [0.5, 0.6) is 0 Å². The zero-order valence-electron chi connectivity index (χ0n) is 15.3. The van der Waals surface area contributed by atoms with Crippen molar-refractivity contribution in [2.75, 3.05) is 6.54 Å². The number of thiazole rings is 2. The van der Waals surface area contributed by atoms with Crippen LogP contribution < -0.4 is 10.8 Å². The van der Waals surface area contributed by atoms with Crippen LogP contribution in [-0.2, 0) is 4.79 Å². The van der Waals surface area contributed by atoms with Crippen molar-refractivity contribution in [3.63, 3.8) is 0 Å². The number of carbonyl (C=O) groups excluding carboxylic acids is 2. The molecule has 1 saturated carbocycles. The fourth-order valence-electron chi connectivity index (χ4n) is 2.45. The van der Waals surface area contributed by atoms with E-state index in [2.05, 4.69) is 21.9 Å². The minimum absolute atomic E-state index is 0.224. The summed E-state index contributed by atoms with van der Waals surface area (Å²) in [5.41, 5.74) is 2.94. The Morgan fingerprint density at radius 2 is 2.14 bits per heavy atom. The number of carbonyl (C=O) groups is 2. The van der Waals surface area contributed by atoms with Gasteiger partial charge in [0.05, 0.1) is 0 Å². The molecule has 1 aliphatic carbocycles. The number of allylic oxidation sites excluding steroid dienone is 1. The molecule has 0 spiro atoms. The third kappa shape index (κ3) is 4.80. The largest absolute Gasteiger partial charge is 0.347 e. The van der Waals surface area contributed by atoms with Crippen molar-refractivity contribution < 1.29 is 14.8 Å². The molecule has 0 saturated heterocycles. The first-order valence-corrected chi connectivity index (χ1v) is 10.4. The maximum absolute atomic E-state index is 12.7. The summed E-state index contributed by atoms with van der Waals surface area (Å²) in [7, 11) is 0. The highest BCUT2D eigenvalue weighted by Gasteiger charge is 2.32. The lowest BCUT2D eigenvalue weighted by Gasteiger charge is -2.05. The van der Waals surface area contributed by atoms with Crippen molar-refractivity contribution >= 4 is 34.5 Å². The minimum Gasteiger partial charge on any atom is -0.347 e. The third-order valence-corrected chi connectivity index (χ3v) is 6.21. The van der Waals surface area contributed by atoms with Gasteiger partial charge in [0, 0.05) is 28.6 Å². The molecule has 0 aliphatic heterocycles. The highest BCUT2D eigenvalue weighted by atomic mass is 32.1. The highest BCUT2D eigenvalue weighted by Crippen LogP contribution is 2.46. The van der Waals surface area contributed by atoms with Crippen LogP contribution in [0, 0.1) is 0 Å². The van der Waals surface area contributed by atoms with E-state index >= 15 is 0 Å². The van der Waals surface area contributed by atoms with Gasteiger partial charge in [-0.25, -0.2) is 15.4 Å². The molecule has 2 aromatic rings. The molecular weight excluding hydrogens is 396 g/mol. The van der Waals surface area contributed by atoms with Gasteiger partial charge in [0.15, 0.2) is 10.0 Å². The zero-order chi connectivity index (χ0) is 20.1. The molecular formula is C19H20N4O3S2. The number of amides is 2. The Balaban J connectivity index is 1.65. The van der Waals surface area contributed by atoms with Gasteiger partial charge in [-0.15, -0.1) is 22.7 Å². The Morgan fingerprint density at radius 3 is 2.75 bits per heavy atom. The number of rotatable bonds is 8. The quantitative estimate of drug-likeness (QED) is 0.265. The first kappa shape index (κ1) is 20.1. The van der Waals surface area contributed by atoms with E-state index in [1.54, 1.807) is 30.8 Å². The summed E-state index contributed by atoms with van der Waals surface area (Å²) < 4.78 is 0. The second-order valence-electron chi connectivity index (χ2n) is 6.20. The van der Waals surface area contributed by atoms with E-state index in [1.807, 2.05) is 5.38 Å². The van der Waals surface area contributed by atoms with Crippen molar-refractivity contribution in [2.24, 2.45) is 0 Å². The molecule has 0 bridgehead atoms. The van der Waals surface area contributed by atoms with Crippen LogP contribution in [0.1, 0.15) is 41.0 Å². The van der Waals surface area contributed by atoms with Crippen LogP contribution in [0.2, 0.25) is 0 Å². The fraction of sp³-hybridized carbons (Fsp3) is 0.263. The number of hydrogen-bond donors (Lipinski definition) is 3. The predicted octanol–water partition coefficient (Wildman–Crippen LogP) is 3.44. The van der Waals surface area contributed by atoms with Gasteiger partial charge in [0.25, 0.3) is 11.8 Å². The summed E-state index contributed by atoms with van der Waals surface area (Å²) in [5, 5.41) is 15.0. The van der Waals surface area contributed by atoms with Crippen LogP contribution >= 0.6 is 22.7 Å². The van der Waals surface area contributed by atoms with Gasteiger partial charge < -0.3 is 5.32 Å². The first-order chi connectivity index (χ1) is 13.5. The summed E-state index contributed by atoms with van der Waals surface area (Å²) >= 11 is 3.04. The van der Waals surface area contributed by atoms with Gasteiger partial charge in [-0.2, -0.15) is 0 Å². The number of hydroxylamine groups is 1. The topological polar surface area (TPSA) is 104 Å². The van der Waals surface area contributed by atoms with Crippen LogP contribution in [0.3, 0.4) is 0 Å². The molecule has 7 nitrogen and oxygen atoms in total. The van der Waals surface area contributed by atoms with Crippen LogP contribution in [0.4, 0.5) is 0 Å². The summed E-state index contributed by atoms with van der Waals surface area (Å²) in [4.78, 5) is 33.9. The summed E-state index contributed by atoms with van der Waals surface area (Å²) in [6.07, 6.45) is 8.59. The molecule has 146 valence electrons. The maximum Gasteiger partial charge on any atom is 0.274 e. The molecule has 0 atom stereocenters. The molecule has 2 amide bonds. The summed E-state index contributed by atoms with van der Waals surface area (Å²) in [5.74, 6) is -0.444. The van der Waals surface area contributed by atoms with Crippen LogP contribution in [0.25, 0.3) is 10.0 Å². The van der Waals surface area contributed by atoms with E-state index in [0.717, 1.165) is 27.7 Å². The smallest absolute Gasteiger partial charge is 0.274 e. The molecule has 0 unspecified atom stereocenters. The molecule has 2 heterocycles. The number of nitrogens with one attached hydrogen (secondary N) is 2. The van der Waals surface area contributed by atoms with Gasteiger partial charge >= 0.3 is 0 Å². The van der Waals surface area contributed by atoms with Crippen molar-refractivity contribution in [1.82, 2.24) is 20.8 Å². The normalized spacial score (nSPS) is 14.3. The van der Waals surface area contributed by atoms with E-state index in [4.69, 9.17) is 5.21 Å². The van der Waals surface area contributed by atoms with Gasteiger partial charge in [-0.05, 0) is 37.3 Å². The zero-order valence-corrected chi connectivity index (χ0v) is 16.9. The van der Waals surface area contributed by atoms with Crippen molar-refractivity contribution in [3.05, 3.63) is 58.1 Å². The average molecular weight is 417 g/mol. The Morgan fingerprint density at radius 1 is 1.36 bits per heavy atom. The van der Waals surface area contributed by atoms with E-state index in [1.165, 1.54) is 28.7 Å². The monoisotopic (exact) mass is 416 g/mol. The molecule has 28 heavy (non-hydrogen) atoms. The number of hydrogen-bond acceptors (Lipinski definition) is 7. The number of aromatic nitrogens is 2. The molecule has 2 aromatic heterocycles. The van der Waals surface area contributed by atoms with Crippen molar-refractivity contribution in [1.29, 1.82) is 0 Å². The molecule has 0 radical (unpaired) electrons. The van der Waals surface area contributed by atoms with Gasteiger partial charge in [-0.1, -0.05) is 18.7 Å². The second kappa shape index (κ2) is 9.05. The van der Waals surface area contributed by atoms with Crippen molar-refractivity contribution in [3.8, 4) is 10.0 Å². The Kier molecular flexibility index (Phi) is 6.50. The lowest BCUT2D eigenvalue weighted by atomic mass is 10.1. The molecule has 9 heteroatoms. The van der Waals surface area contributed by atoms with Gasteiger partial charge in [-0.3, -0.25) is 14.8 Å². The first-order valence-electron chi connectivity index (χ1n) is 8.68. The Hall–Kier alpha value is -2.62. The third-order valence-electron chi connectivity index (χ3n) is 4.08. The average Bonchev–Trinajstić information content (AvgIpc) is 3.21. The van der Waals surface area contributed by atoms with E-state index in [0.29, 0.717) is 22.8 Å². The lowest BCUT2D eigenvalue weighted by molar-refractivity contribution is -0.124. The molecule has 3 N–H and O–H groups in total. The molecule has 1 fully saturated rings. The van der Waals surface area contributed by atoms with Crippen molar-refractivity contribution in [2.45, 2.75) is 25.7 Å². The fourth-order valence-corrected chi connectivity index (χ4v) is 4.36. The Bertz CT molecular complexity index is 941. The standard InChI is InChI=1S/C19H20N4O3S2/c1-3-12(16(24)23-26)5-4-11(2)10-21-17(25)14-15(13-6-7-13)28-19(22-14)18-20-8-9-27-18/h3-5,8-9,13,26H,2,6-7,10H2,1H3,(H,21,25)(H,23,24)/b5-4-,12-3+. The number of nitrogens with zero attached hydrogens (tertiary/aromatic N) is 2. The molecule has 3 rings (SSSR count). The second-order valence-corrected chi connectivity index (χ2v) is 8.13. The maximum atomic E-state index is 12.7. The molecule has 0 aromatic carbocycles. The van der Waals surface area contributed by atoms with E-state index < -0.39 is 5.91 Å². The summed E-state index contributed by atoms with van der Waals surface area (Å²) in [6, 6.07) is 0. The van der Waals surface area contributed by atoms with Crippen LogP contribution in [-0.4, -0.2) is 33.5 Å². The van der Waals surface area contributed by atoms with Gasteiger partial charge in [0.1, 0.15) is 5.69 Å². The highest BCUT2D eigenvalue weighted by molar-refractivity contribution is 7.20. The minimum atomic E-state index is -0.609. The van der Waals surface area contributed by atoms with Gasteiger partial charge in [0.2, 0.25) is 0 Å². The molecule has 1 aliphatic rings. The van der Waals surface area contributed by atoms with E-state index in [9.17, 15) is 9.59 Å². The van der Waals surface area contributed by atoms with Crippen LogP contribution in [0.15, 0.2) is 47.5 Å².